The van der Waals surface area contributed by atoms with Crippen molar-refractivity contribution in [3.05, 3.63) is 58.3 Å². The third-order valence-corrected chi connectivity index (χ3v) is 5.79. The minimum atomic E-state index is -0.133. The molecular formula is C18H21N3OS. The van der Waals surface area contributed by atoms with E-state index in [0.29, 0.717) is 0 Å². The zero-order chi connectivity index (χ0) is 15.6. The van der Waals surface area contributed by atoms with Gasteiger partial charge < -0.3 is 4.90 Å². The van der Waals surface area contributed by atoms with Crippen molar-refractivity contribution in [1.82, 2.24) is 15.8 Å². The molecule has 0 radical (unpaired) electrons. The molecule has 1 amide bonds. The Kier molecular flexibility index (Phi) is 4.16. The number of likely N-dealkylation sites (tertiary alicyclic amines) is 1. The lowest BCUT2D eigenvalue weighted by atomic mass is 10.0. The van der Waals surface area contributed by atoms with Gasteiger partial charge in [0.1, 0.15) is 6.04 Å². The molecule has 2 saturated heterocycles. The maximum absolute atomic E-state index is 13.0. The average Bonchev–Trinajstić information content (AvgIpc) is 3.35. The topological polar surface area (TPSA) is 44.4 Å². The number of nitrogens with zero attached hydrogens (tertiary/aromatic N) is 1. The van der Waals surface area contributed by atoms with Crippen LogP contribution in [0.5, 0.6) is 0 Å². The van der Waals surface area contributed by atoms with Crippen LogP contribution in [0.3, 0.4) is 0 Å². The third kappa shape index (κ3) is 2.92. The SMILES string of the molecule is O=C(C1CC(c2cccs2)NN1)N1CCCC1c1ccccc1. The van der Waals surface area contributed by atoms with Gasteiger partial charge in [-0.05, 0) is 36.3 Å². The predicted octanol–water partition coefficient (Wildman–Crippen LogP) is 3.02. The molecule has 2 fully saturated rings. The molecular weight excluding hydrogens is 306 g/mol. The van der Waals surface area contributed by atoms with Crippen molar-refractivity contribution in [2.45, 2.75) is 37.4 Å². The highest BCUT2D eigenvalue weighted by Gasteiger charge is 2.37. The van der Waals surface area contributed by atoms with Gasteiger partial charge in [-0.2, -0.15) is 0 Å². The molecule has 23 heavy (non-hydrogen) atoms. The van der Waals surface area contributed by atoms with Gasteiger partial charge in [-0.25, -0.2) is 10.9 Å². The average molecular weight is 327 g/mol. The van der Waals surface area contributed by atoms with Crippen molar-refractivity contribution in [2.75, 3.05) is 6.54 Å². The van der Waals surface area contributed by atoms with Gasteiger partial charge >= 0.3 is 0 Å². The van der Waals surface area contributed by atoms with E-state index in [-0.39, 0.29) is 24.0 Å². The summed E-state index contributed by atoms with van der Waals surface area (Å²) in [6, 6.07) is 14.9. The monoisotopic (exact) mass is 327 g/mol. The molecule has 0 saturated carbocycles. The second kappa shape index (κ2) is 6.43. The number of thiophene rings is 1. The van der Waals surface area contributed by atoms with Crippen LogP contribution in [0.25, 0.3) is 0 Å². The van der Waals surface area contributed by atoms with E-state index in [1.165, 1.54) is 10.4 Å². The number of rotatable bonds is 3. The van der Waals surface area contributed by atoms with Crippen molar-refractivity contribution in [2.24, 2.45) is 0 Å². The first-order valence-electron chi connectivity index (χ1n) is 8.23. The van der Waals surface area contributed by atoms with Crippen molar-refractivity contribution in [3.63, 3.8) is 0 Å². The van der Waals surface area contributed by atoms with Crippen LogP contribution in [-0.4, -0.2) is 23.4 Å². The van der Waals surface area contributed by atoms with Gasteiger partial charge in [0, 0.05) is 11.4 Å². The molecule has 2 aliphatic heterocycles. The normalized spacial score (nSPS) is 27.5. The molecule has 1 aromatic carbocycles. The van der Waals surface area contributed by atoms with Crippen LogP contribution in [-0.2, 0) is 4.79 Å². The predicted molar refractivity (Wildman–Crippen MR) is 91.9 cm³/mol. The van der Waals surface area contributed by atoms with E-state index in [4.69, 9.17) is 0 Å². The molecule has 3 unspecified atom stereocenters. The second-order valence-corrected chi connectivity index (χ2v) is 7.22. The maximum Gasteiger partial charge on any atom is 0.241 e. The van der Waals surface area contributed by atoms with E-state index in [2.05, 4.69) is 57.5 Å². The van der Waals surface area contributed by atoms with Crippen LogP contribution < -0.4 is 10.9 Å². The van der Waals surface area contributed by atoms with Gasteiger partial charge in [-0.15, -0.1) is 11.3 Å². The van der Waals surface area contributed by atoms with Gasteiger partial charge in [0.05, 0.1) is 12.1 Å². The Morgan fingerprint density at radius 2 is 2.00 bits per heavy atom. The Hall–Kier alpha value is -1.69. The maximum atomic E-state index is 13.0. The van der Waals surface area contributed by atoms with Crippen molar-refractivity contribution < 1.29 is 4.79 Å². The van der Waals surface area contributed by atoms with Crippen LogP contribution in [0.4, 0.5) is 0 Å². The minimum absolute atomic E-state index is 0.133. The molecule has 3 atom stereocenters. The zero-order valence-corrected chi connectivity index (χ0v) is 13.8. The number of hydrogen-bond donors (Lipinski definition) is 2. The summed E-state index contributed by atoms with van der Waals surface area (Å²) in [7, 11) is 0. The minimum Gasteiger partial charge on any atom is -0.334 e. The van der Waals surface area contributed by atoms with E-state index < -0.39 is 0 Å². The molecule has 0 aliphatic carbocycles. The molecule has 5 heteroatoms. The molecule has 2 aliphatic rings. The molecule has 3 heterocycles. The van der Waals surface area contributed by atoms with Gasteiger partial charge in [-0.3, -0.25) is 4.79 Å². The Balaban J connectivity index is 1.46. The highest BCUT2D eigenvalue weighted by molar-refractivity contribution is 7.10. The summed E-state index contributed by atoms with van der Waals surface area (Å²) in [6.45, 7) is 0.861. The van der Waals surface area contributed by atoms with E-state index in [1.807, 2.05) is 6.07 Å². The largest absolute Gasteiger partial charge is 0.334 e. The molecule has 2 aromatic rings. The lowest BCUT2D eigenvalue weighted by molar-refractivity contribution is -0.134. The molecule has 120 valence electrons. The molecule has 0 spiro atoms. The Morgan fingerprint density at radius 1 is 1.13 bits per heavy atom. The Bertz CT molecular complexity index is 658. The molecule has 4 nitrogen and oxygen atoms in total. The van der Waals surface area contributed by atoms with E-state index in [1.54, 1.807) is 11.3 Å². The highest BCUT2D eigenvalue weighted by Crippen LogP contribution is 2.34. The van der Waals surface area contributed by atoms with Gasteiger partial charge in [0.2, 0.25) is 5.91 Å². The summed E-state index contributed by atoms with van der Waals surface area (Å²) >= 11 is 1.74. The lowest BCUT2D eigenvalue weighted by Gasteiger charge is -2.27. The summed E-state index contributed by atoms with van der Waals surface area (Å²) in [5, 5.41) is 2.08. The fourth-order valence-corrected chi connectivity index (χ4v) is 4.44. The quantitative estimate of drug-likeness (QED) is 0.911. The molecule has 2 N–H and O–H groups in total. The molecule has 0 bridgehead atoms. The van der Waals surface area contributed by atoms with Gasteiger partial charge in [-0.1, -0.05) is 36.4 Å². The fraction of sp³-hybridized carbons (Fsp3) is 0.389. The number of hydrogen-bond acceptors (Lipinski definition) is 4. The lowest BCUT2D eigenvalue weighted by Crippen LogP contribution is -2.45. The number of amides is 1. The number of carbonyl (C=O) groups excluding carboxylic acids is 1. The summed E-state index contributed by atoms with van der Waals surface area (Å²) < 4.78 is 0. The van der Waals surface area contributed by atoms with Crippen LogP contribution in [0.15, 0.2) is 47.8 Å². The first-order valence-corrected chi connectivity index (χ1v) is 9.11. The third-order valence-electron chi connectivity index (χ3n) is 4.81. The van der Waals surface area contributed by atoms with Crippen LogP contribution >= 0.6 is 11.3 Å². The number of benzene rings is 1. The summed E-state index contributed by atoms with van der Waals surface area (Å²) in [4.78, 5) is 16.3. The van der Waals surface area contributed by atoms with Crippen molar-refractivity contribution in [3.8, 4) is 0 Å². The van der Waals surface area contributed by atoms with E-state index in [9.17, 15) is 4.79 Å². The summed E-state index contributed by atoms with van der Waals surface area (Å²) in [5.74, 6) is 0.225. The standard InChI is InChI=1S/C18H21N3OS/c22-18(15-12-14(19-20-15)17-9-5-11-23-17)21-10-4-8-16(21)13-6-2-1-3-7-13/h1-3,5-7,9,11,14-16,19-20H,4,8,10,12H2. The van der Waals surface area contributed by atoms with Crippen LogP contribution in [0.1, 0.15) is 41.8 Å². The van der Waals surface area contributed by atoms with Crippen molar-refractivity contribution >= 4 is 17.2 Å². The second-order valence-electron chi connectivity index (χ2n) is 6.25. The molecule has 4 rings (SSSR count). The van der Waals surface area contributed by atoms with Crippen LogP contribution in [0.2, 0.25) is 0 Å². The first-order chi connectivity index (χ1) is 11.3. The Morgan fingerprint density at radius 3 is 2.78 bits per heavy atom. The van der Waals surface area contributed by atoms with Gasteiger partial charge in [0.15, 0.2) is 0 Å². The summed E-state index contributed by atoms with van der Waals surface area (Å²) in [6.07, 6.45) is 2.96. The number of carbonyl (C=O) groups is 1. The first kappa shape index (κ1) is 14.9. The van der Waals surface area contributed by atoms with E-state index in [0.717, 1.165) is 25.8 Å². The highest BCUT2D eigenvalue weighted by atomic mass is 32.1. The van der Waals surface area contributed by atoms with Crippen molar-refractivity contribution in [1.29, 1.82) is 0 Å². The Labute approximate surface area is 140 Å². The summed E-state index contributed by atoms with van der Waals surface area (Å²) in [5.41, 5.74) is 7.74. The van der Waals surface area contributed by atoms with Gasteiger partial charge in [0.25, 0.3) is 0 Å². The number of hydrazine groups is 1. The van der Waals surface area contributed by atoms with Crippen LogP contribution in [0, 0.1) is 0 Å². The van der Waals surface area contributed by atoms with E-state index >= 15 is 0 Å². The zero-order valence-electron chi connectivity index (χ0n) is 12.9. The smallest absolute Gasteiger partial charge is 0.241 e. The molecule has 1 aromatic heterocycles. The fourth-order valence-electron chi connectivity index (χ4n) is 3.65. The number of nitrogens with one attached hydrogen (secondary N) is 2.